The van der Waals surface area contributed by atoms with E-state index in [1.54, 1.807) is 0 Å². The molecule has 0 heterocycles. The van der Waals surface area contributed by atoms with Crippen LogP contribution < -0.4 is 10.5 Å². The average molecular weight is 315 g/mol. The molecule has 0 aliphatic carbocycles. The van der Waals surface area contributed by atoms with Crippen LogP contribution in [0.5, 0.6) is 5.75 Å². The van der Waals surface area contributed by atoms with E-state index in [9.17, 15) is 0 Å². The zero-order chi connectivity index (χ0) is 13.6. The van der Waals surface area contributed by atoms with Gasteiger partial charge in [0.2, 0.25) is 0 Å². The van der Waals surface area contributed by atoms with Crippen molar-refractivity contribution in [3.8, 4) is 5.75 Å². The van der Waals surface area contributed by atoms with Crippen LogP contribution in [0, 0.1) is 5.41 Å². The third-order valence-electron chi connectivity index (χ3n) is 2.81. The molecule has 0 saturated carbocycles. The first-order valence-electron chi connectivity index (χ1n) is 6.20. The summed E-state index contributed by atoms with van der Waals surface area (Å²) in [7, 11) is 2.10. The first kappa shape index (κ1) is 15.5. The van der Waals surface area contributed by atoms with Crippen LogP contribution in [0.2, 0.25) is 0 Å². The number of halogens is 1. The molecule has 1 aromatic rings. The minimum Gasteiger partial charge on any atom is -0.492 e. The van der Waals surface area contributed by atoms with Gasteiger partial charge < -0.3 is 15.4 Å². The van der Waals surface area contributed by atoms with Crippen LogP contribution in [0.15, 0.2) is 28.7 Å². The van der Waals surface area contributed by atoms with E-state index < -0.39 is 0 Å². The van der Waals surface area contributed by atoms with Crippen LogP contribution in [-0.4, -0.2) is 38.2 Å². The number of rotatable bonds is 7. The van der Waals surface area contributed by atoms with Crippen molar-refractivity contribution < 1.29 is 4.74 Å². The normalized spacial score (nSPS) is 11.9. The second-order valence-corrected chi connectivity index (χ2v) is 6.32. The van der Waals surface area contributed by atoms with Crippen molar-refractivity contribution in [3.63, 3.8) is 0 Å². The van der Waals surface area contributed by atoms with Crippen molar-refractivity contribution in [2.45, 2.75) is 13.8 Å². The molecule has 0 aliphatic heterocycles. The Bertz CT molecular complexity index is 351. The molecule has 0 aromatic heterocycles. The maximum atomic E-state index is 5.73. The van der Waals surface area contributed by atoms with E-state index in [1.165, 1.54) is 0 Å². The molecule has 0 unspecified atom stereocenters. The number of likely N-dealkylation sites (N-methyl/N-ethyl adjacent to an activating group) is 1. The molecule has 0 fully saturated rings. The molecular weight excluding hydrogens is 292 g/mol. The second-order valence-electron chi connectivity index (χ2n) is 5.41. The van der Waals surface area contributed by atoms with Gasteiger partial charge in [0.05, 0.1) is 0 Å². The monoisotopic (exact) mass is 314 g/mol. The molecule has 2 N–H and O–H groups in total. The number of benzene rings is 1. The summed E-state index contributed by atoms with van der Waals surface area (Å²) in [6.45, 7) is 7.63. The predicted octanol–water partition coefficient (Wildman–Crippen LogP) is 2.74. The Morgan fingerprint density at radius 3 is 2.44 bits per heavy atom. The van der Waals surface area contributed by atoms with Gasteiger partial charge in [-0.1, -0.05) is 29.8 Å². The van der Waals surface area contributed by atoms with Crippen molar-refractivity contribution in [2.24, 2.45) is 11.1 Å². The SMILES string of the molecule is CN(CCOc1ccc(Br)cc1)CC(C)(C)CN. The highest BCUT2D eigenvalue weighted by Gasteiger charge is 2.17. The number of nitrogens with two attached hydrogens (primary N) is 1. The molecule has 102 valence electrons. The fraction of sp³-hybridized carbons (Fsp3) is 0.571. The molecule has 1 aromatic carbocycles. The second kappa shape index (κ2) is 7.12. The maximum Gasteiger partial charge on any atom is 0.119 e. The van der Waals surface area contributed by atoms with Gasteiger partial charge in [-0.2, -0.15) is 0 Å². The molecule has 0 aliphatic rings. The standard InChI is InChI=1S/C14H23BrN2O/c1-14(2,10-16)11-17(3)8-9-18-13-6-4-12(15)5-7-13/h4-7H,8-11,16H2,1-3H3. The minimum absolute atomic E-state index is 0.159. The van der Waals surface area contributed by atoms with Gasteiger partial charge >= 0.3 is 0 Å². The van der Waals surface area contributed by atoms with Crippen LogP contribution in [0.4, 0.5) is 0 Å². The van der Waals surface area contributed by atoms with Gasteiger partial charge in [-0.25, -0.2) is 0 Å². The van der Waals surface area contributed by atoms with Crippen molar-refractivity contribution in [2.75, 3.05) is 33.3 Å². The molecule has 0 amide bonds. The summed E-state index contributed by atoms with van der Waals surface area (Å²) in [6.07, 6.45) is 0. The van der Waals surface area contributed by atoms with Crippen LogP contribution in [0.1, 0.15) is 13.8 Å². The quantitative estimate of drug-likeness (QED) is 0.841. The van der Waals surface area contributed by atoms with Gasteiger partial charge in [-0.05, 0) is 43.3 Å². The third-order valence-corrected chi connectivity index (χ3v) is 3.33. The maximum absolute atomic E-state index is 5.73. The van der Waals surface area contributed by atoms with E-state index in [2.05, 4.69) is 41.7 Å². The summed E-state index contributed by atoms with van der Waals surface area (Å²) in [5.74, 6) is 0.907. The number of hydrogen-bond donors (Lipinski definition) is 1. The summed E-state index contributed by atoms with van der Waals surface area (Å²) >= 11 is 3.40. The summed E-state index contributed by atoms with van der Waals surface area (Å²) < 4.78 is 6.75. The highest BCUT2D eigenvalue weighted by atomic mass is 79.9. The van der Waals surface area contributed by atoms with E-state index in [1.807, 2.05) is 24.3 Å². The van der Waals surface area contributed by atoms with Gasteiger partial charge in [0.15, 0.2) is 0 Å². The fourth-order valence-corrected chi connectivity index (χ4v) is 1.99. The van der Waals surface area contributed by atoms with Crippen molar-refractivity contribution in [1.82, 2.24) is 4.90 Å². The van der Waals surface area contributed by atoms with Gasteiger partial charge in [0, 0.05) is 17.6 Å². The van der Waals surface area contributed by atoms with Crippen molar-refractivity contribution >= 4 is 15.9 Å². The lowest BCUT2D eigenvalue weighted by atomic mass is 9.93. The van der Waals surface area contributed by atoms with Crippen LogP contribution in [-0.2, 0) is 0 Å². The summed E-state index contributed by atoms with van der Waals surface area (Å²) in [5.41, 5.74) is 5.89. The van der Waals surface area contributed by atoms with Crippen molar-refractivity contribution in [3.05, 3.63) is 28.7 Å². The topological polar surface area (TPSA) is 38.5 Å². The van der Waals surface area contributed by atoms with E-state index in [4.69, 9.17) is 10.5 Å². The van der Waals surface area contributed by atoms with Gasteiger partial charge in [0.25, 0.3) is 0 Å². The average Bonchev–Trinajstić information content (AvgIpc) is 2.31. The lowest BCUT2D eigenvalue weighted by molar-refractivity contribution is 0.181. The molecule has 4 heteroatoms. The largest absolute Gasteiger partial charge is 0.492 e. The molecule has 0 spiro atoms. The zero-order valence-electron chi connectivity index (χ0n) is 11.4. The highest BCUT2D eigenvalue weighted by Crippen LogP contribution is 2.16. The predicted molar refractivity (Wildman–Crippen MR) is 80.0 cm³/mol. The summed E-state index contributed by atoms with van der Waals surface area (Å²) in [5, 5.41) is 0. The molecular formula is C14H23BrN2O. The molecule has 0 saturated heterocycles. The van der Waals surface area contributed by atoms with Crippen molar-refractivity contribution in [1.29, 1.82) is 0 Å². The number of nitrogens with zero attached hydrogens (tertiary/aromatic N) is 1. The Balaban J connectivity index is 2.27. The number of ether oxygens (including phenoxy) is 1. The van der Waals surface area contributed by atoms with Gasteiger partial charge in [0.1, 0.15) is 12.4 Å². The minimum atomic E-state index is 0.159. The van der Waals surface area contributed by atoms with Crippen LogP contribution in [0.3, 0.4) is 0 Å². The smallest absolute Gasteiger partial charge is 0.119 e. The fourth-order valence-electron chi connectivity index (χ4n) is 1.72. The zero-order valence-corrected chi connectivity index (χ0v) is 13.0. The molecule has 0 radical (unpaired) electrons. The first-order valence-corrected chi connectivity index (χ1v) is 6.99. The Labute approximate surface area is 118 Å². The van der Waals surface area contributed by atoms with Gasteiger partial charge in [-0.15, -0.1) is 0 Å². The van der Waals surface area contributed by atoms with E-state index in [0.717, 1.165) is 23.3 Å². The highest BCUT2D eigenvalue weighted by molar-refractivity contribution is 9.10. The molecule has 0 bridgehead atoms. The Hall–Kier alpha value is -0.580. The first-order chi connectivity index (χ1) is 8.43. The summed E-state index contributed by atoms with van der Waals surface area (Å²) in [4.78, 5) is 2.26. The van der Waals surface area contributed by atoms with Crippen LogP contribution >= 0.6 is 15.9 Å². The lowest BCUT2D eigenvalue weighted by Gasteiger charge is -2.28. The van der Waals surface area contributed by atoms with E-state index in [-0.39, 0.29) is 5.41 Å². The Morgan fingerprint density at radius 1 is 1.28 bits per heavy atom. The third kappa shape index (κ3) is 5.85. The summed E-state index contributed by atoms with van der Waals surface area (Å²) in [6, 6.07) is 7.90. The Morgan fingerprint density at radius 2 is 1.89 bits per heavy atom. The lowest BCUT2D eigenvalue weighted by Crippen LogP contribution is -2.38. The molecule has 1 rings (SSSR count). The molecule has 18 heavy (non-hydrogen) atoms. The molecule has 0 atom stereocenters. The van der Waals surface area contributed by atoms with E-state index >= 15 is 0 Å². The molecule has 3 nitrogen and oxygen atoms in total. The number of hydrogen-bond acceptors (Lipinski definition) is 3. The van der Waals surface area contributed by atoms with E-state index in [0.29, 0.717) is 13.2 Å². The van der Waals surface area contributed by atoms with Gasteiger partial charge in [-0.3, -0.25) is 0 Å². The Kier molecular flexibility index (Phi) is 6.12. The van der Waals surface area contributed by atoms with Crippen LogP contribution in [0.25, 0.3) is 0 Å².